The first kappa shape index (κ1) is 18.2. The van der Waals surface area contributed by atoms with Crippen molar-refractivity contribution in [1.82, 2.24) is 0 Å². The van der Waals surface area contributed by atoms with Crippen molar-refractivity contribution in [2.24, 2.45) is 0 Å². The van der Waals surface area contributed by atoms with Crippen LogP contribution >= 0.6 is 0 Å². The fraction of sp³-hybridized carbons (Fsp3) is 0.211. The number of amides is 1. The van der Waals surface area contributed by atoms with Crippen molar-refractivity contribution in [3.05, 3.63) is 48.0 Å². The highest BCUT2D eigenvalue weighted by atomic mass is 16.5. The fourth-order valence-electron chi connectivity index (χ4n) is 2.31. The van der Waals surface area contributed by atoms with Crippen LogP contribution in [0.2, 0.25) is 0 Å². The Morgan fingerprint density at radius 2 is 1.68 bits per heavy atom. The van der Waals surface area contributed by atoms with E-state index < -0.39 is 0 Å². The number of nitrogens with one attached hydrogen (secondary N) is 1. The molecule has 132 valence electrons. The van der Waals surface area contributed by atoms with Gasteiger partial charge in [0.15, 0.2) is 11.5 Å². The lowest BCUT2D eigenvalue weighted by Gasteiger charge is -2.14. The van der Waals surface area contributed by atoms with E-state index in [1.807, 2.05) is 0 Å². The molecule has 0 spiro atoms. The molecule has 0 aliphatic rings. The van der Waals surface area contributed by atoms with Gasteiger partial charge >= 0.3 is 0 Å². The molecular formula is C19H21NO5. The highest BCUT2D eigenvalue weighted by Gasteiger charge is 2.14. The Kier molecular flexibility index (Phi) is 6.28. The molecule has 25 heavy (non-hydrogen) atoms. The van der Waals surface area contributed by atoms with Crippen LogP contribution in [0.4, 0.5) is 5.69 Å². The van der Waals surface area contributed by atoms with Gasteiger partial charge < -0.3 is 24.3 Å². The van der Waals surface area contributed by atoms with E-state index in [0.29, 0.717) is 34.2 Å². The number of benzene rings is 2. The van der Waals surface area contributed by atoms with Gasteiger partial charge in [0.25, 0.3) is 0 Å². The van der Waals surface area contributed by atoms with Gasteiger partial charge in [-0.05, 0) is 30.3 Å². The zero-order valence-electron chi connectivity index (χ0n) is 14.7. The predicted octanol–water partition coefficient (Wildman–Crippen LogP) is 3.37. The Hall–Kier alpha value is -3.15. The van der Waals surface area contributed by atoms with Gasteiger partial charge in [-0.1, -0.05) is 6.07 Å². The Balaban J connectivity index is 2.19. The second kappa shape index (κ2) is 8.63. The smallest absolute Gasteiger partial charge is 0.248 e. The number of carbonyl (C=O) groups excluding carboxylic acids is 1. The largest absolute Gasteiger partial charge is 0.497 e. The highest BCUT2D eigenvalue weighted by molar-refractivity contribution is 6.02. The SMILES string of the molecule is COc1cccc(NC(=O)/C=C/c2ccc(OC)c(OC)c2OC)c1. The first-order chi connectivity index (χ1) is 12.1. The highest BCUT2D eigenvalue weighted by Crippen LogP contribution is 2.40. The number of methoxy groups -OCH3 is 4. The molecule has 0 aliphatic heterocycles. The van der Waals surface area contributed by atoms with Crippen molar-refractivity contribution in [3.63, 3.8) is 0 Å². The van der Waals surface area contributed by atoms with Crippen LogP contribution < -0.4 is 24.3 Å². The van der Waals surface area contributed by atoms with Gasteiger partial charge in [0, 0.05) is 23.4 Å². The molecule has 6 nitrogen and oxygen atoms in total. The minimum absolute atomic E-state index is 0.273. The molecule has 0 radical (unpaired) electrons. The molecule has 6 heteroatoms. The van der Waals surface area contributed by atoms with E-state index in [1.54, 1.807) is 56.7 Å². The average molecular weight is 343 g/mol. The minimum atomic E-state index is -0.273. The molecule has 0 aromatic heterocycles. The number of rotatable bonds is 7. The molecule has 0 saturated carbocycles. The topological polar surface area (TPSA) is 66.0 Å². The normalized spacial score (nSPS) is 10.4. The van der Waals surface area contributed by atoms with Crippen LogP contribution in [-0.2, 0) is 4.79 Å². The van der Waals surface area contributed by atoms with Gasteiger partial charge in [0.2, 0.25) is 11.7 Å². The number of carbonyl (C=O) groups is 1. The molecule has 0 heterocycles. The molecule has 1 amide bonds. The van der Waals surface area contributed by atoms with E-state index in [9.17, 15) is 4.79 Å². The van der Waals surface area contributed by atoms with Gasteiger partial charge in [-0.3, -0.25) is 4.79 Å². The average Bonchev–Trinajstić information content (AvgIpc) is 2.65. The van der Waals surface area contributed by atoms with E-state index >= 15 is 0 Å². The summed E-state index contributed by atoms with van der Waals surface area (Å²) < 4.78 is 21.1. The third-order valence-electron chi connectivity index (χ3n) is 3.49. The molecule has 0 atom stereocenters. The molecule has 0 unspecified atom stereocenters. The van der Waals surface area contributed by atoms with Gasteiger partial charge in [-0.2, -0.15) is 0 Å². The van der Waals surface area contributed by atoms with Crippen LogP contribution in [-0.4, -0.2) is 34.3 Å². The maximum absolute atomic E-state index is 12.1. The van der Waals surface area contributed by atoms with E-state index in [0.717, 1.165) is 0 Å². The third-order valence-corrected chi connectivity index (χ3v) is 3.49. The Labute approximate surface area is 147 Å². The Bertz CT molecular complexity index is 770. The summed E-state index contributed by atoms with van der Waals surface area (Å²) in [5.41, 5.74) is 1.34. The zero-order chi connectivity index (χ0) is 18.2. The second-order valence-electron chi connectivity index (χ2n) is 4.98. The van der Waals surface area contributed by atoms with Crippen LogP contribution in [0.15, 0.2) is 42.5 Å². The summed E-state index contributed by atoms with van der Waals surface area (Å²) in [4.78, 5) is 12.1. The van der Waals surface area contributed by atoms with Crippen molar-refractivity contribution in [3.8, 4) is 23.0 Å². The number of anilines is 1. The van der Waals surface area contributed by atoms with E-state index in [2.05, 4.69) is 5.32 Å². The summed E-state index contributed by atoms with van der Waals surface area (Å²) >= 11 is 0. The maximum atomic E-state index is 12.1. The Morgan fingerprint density at radius 3 is 2.32 bits per heavy atom. The standard InChI is InChI=1S/C19H21NO5/c1-22-15-7-5-6-14(12-15)20-17(21)11-9-13-8-10-16(23-2)19(25-4)18(13)24-3/h5-12H,1-4H3,(H,20,21)/b11-9+. The molecular weight excluding hydrogens is 322 g/mol. The van der Waals surface area contributed by atoms with Gasteiger partial charge in [0.05, 0.1) is 28.4 Å². The fourth-order valence-corrected chi connectivity index (χ4v) is 2.31. The van der Waals surface area contributed by atoms with Crippen molar-refractivity contribution in [2.75, 3.05) is 33.8 Å². The first-order valence-corrected chi connectivity index (χ1v) is 7.55. The molecule has 2 aromatic carbocycles. The minimum Gasteiger partial charge on any atom is -0.497 e. The molecule has 0 fully saturated rings. The number of hydrogen-bond acceptors (Lipinski definition) is 5. The monoisotopic (exact) mass is 343 g/mol. The number of hydrogen-bond donors (Lipinski definition) is 1. The van der Waals surface area contributed by atoms with Crippen molar-refractivity contribution < 1.29 is 23.7 Å². The molecule has 0 saturated heterocycles. The first-order valence-electron chi connectivity index (χ1n) is 7.55. The summed E-state index contributed by atoms with van der Waals surface area (Å²) in [5.74, 6) is 1.92. The van der Waals surface area contributed by atoms with Crippen molar-refractivity contribution >= 4 is 17.7 Å². The second-order valence-corrected chi connectivity index (χ2v) is 4.98. The lowest BCUT2D eigenvalue weighted by molar-refractivity contribution is -0.111. The molecule has 0 aliphatic carbocycles. The third kappa shape index (κ3) is 4.44. The molecule has 2 aromatic rings. The van der Waals surface area contributed by atoms with Crippen LogP contribution in [0.3, 0.4) is 0 Å². The summed E-state index contributed by atoms with van der Waals surface area (Å²) in [7, 11) is 6.19. The lowest BCUT2D eigenvalue weighted by atomic mass is 10.1. The van der Waals surface area contributed by atoms with Crippen LogP contribution in [0.1, 0.15) is 5.56 Å². The Morgan fingerprint density at radius 1 is 0.920 bits per heavy atom. The van der Waals surface area contributed by atoms with Crippen LogP contribution in [0.5, 0.6) is 23.0 Å². The van der Waals surface area contributed by atoms with E-state index in [-0.39, 0.29) is 5.91 Å². The van der Waals surface area contributed by atoms with Crippen molar-refractivity contribution in [2.45, 2.75) is 0 Å². The number of ether oxygens (including phenoxy) is 4. The molecule has 0 bridgehead atoms. The van der Waals surface area contributed by atoms with Gasteiger partial charge in [0.1, 0.15) is 5.75 Å². The van der Waals surface area contributed by atoms with E-state index in [1.165, 1.54) is 20.3 Å². The summed E-state index contributed by atoms with van der Waals surface area (Å²) in [6, 6.07) is 10.7. The zero-order valence-corrected chi connectivity index (χ0v) is 14.7. The molecule has 1 N–H and O–H groups in total. The summed E-state index contributed by atoms with van der Waals surface area (Å²) in [5, 5.41) is 2.77. The quantitative estimate of drug-likeness (QED) is 0.781. The van der Waals surface area contributed by atoms with Gasteiger partial charge in [-0.25, -0.2) is 0 Å². The van der Waals surface area contributed by atoms with E-state index in [4.69, 9.17) is 18.9 Å². The predicted molar refractivity (Wildman–Crippen MR) is 96.8 cm³/mol. The lowest BCUT2D eigenvalue weighted by Crippen LogP contribution is -2.07. The molecule has 2 rings (SSSR count). The maximum Gasteiger partial charge on any atom is 0.248 e. The van der Waals surface area contributed by atoms with Crippen molar-refractivity contribution in [1.29, 1.82) is 0 Å². The summed E-state index contributed by atoms with van der Waals surface area (Å²) in [6.45, 7) is 0. The summed E-state index contributed by atoms with van der Waals surface area (Å²) in [6.07, 6.45) is 3.07. The van der Waals surface area contributed by atoms with Crippen LogP contribution in [0, 0.1) is 0 Å². The van der Waals surface area contributed by atoms with Crippen LogP contribution in [0.25, 0.3) is 6.08 Å². The van der Waals surface area contributed by atoms with Gasteiger partial charge in [-0.15, -0.1) is 0 Å².